The van der Waals surface area contributed by atoms with Crippen molar-refractivity contribution in [2.24, 2.45) is 0 Å². The van der Waals surface area contributed by atoms with Gasteiger partial charge < -0.3 is 19.8 Å². The number of benzene rings is 1. The molecular weight excluding hydrogens is 388 g/mol. The molecule has 1 heterocycles. The first-order valence-electron chi connectivity index (χ1n) is 9.48. The third kappa shape index (κ3) is 5.34. The number of nitrogens with one attached hydrogen (secondary N) is 2. The highest BCUT2D eigenvalue weighted by molar-refractivity contribution is 6.04. The summed E-state index contributed by atoms with van der Waals surface area (Å²) in [4.78, 5) is 51.5. The molecule has 2 rings (SSSR count). The normalized spacial score (nSPS) is 12.6. The van der Waals surface area contributed by atoms with Gasteiger partial charge in [-0.25, -0.2) is 4.79 Å². The molecule has 2 atom stereocenters. The van der Waals surface area contributed by atoms with Crippen molar-refractivity contribution in [2.75, 3.05) is 7.11 Å². The third-order valence-corrected chi connectivity index (χ3v) is 4.70. The van der Waals surface area contributed by atoms with Crippen LogP contribution in [-0.2, 0) is 19.1 Å². The molecule has 0 saturated heterocycles. The summed E-state index contributed by atoms with van der Waals surface area (Å²) in [6.07, 6.45) is -1.20. The van der Waals surface area contributed by atoms with Crippen LogP contribution in [0.25, 0.3) is 0 Å². The molecule has 160 valence electrons. The predicted octanol–water partition coefficient (Wildman–Crippen LogP) is 2.80. The smallest absolute Gasteiger partial charge is 0.339 e. The standard InChI is InChI=1S/C22H26N2O6/c1-12-19(22(28)29-5)13(2)23-20(12)21(27)14(3)30-18(26)11-17(24-15(4)25)16-9-7-6-8-10-16/h6-10,14,17,23H,11H2,1-5H3,(H,24,25)/t14-,17-/m0/s1. The van der Waals surface area contributed by atoms with Crippen LogP contribution in [0.3, 0.4) is 0 Å². The van der Waals surface area contributed by atoms with Crippen LogP contribution in [0.2, 0.25) is 0 Å². The SMILES string of the molecule is COC(=O)c1c(C)[nH]c(C(=O)[C@H](C)OC(=O)C[C@H](NC(C)=O)c2ccccc2)c1C. The molecule has 1 amide bonds. The molecule has 0 radical (unpaired) electrons. The van der Waals surface area contributed by atoms with Crippen molar-refractivity contribution in [2.45, 2.75) is 46.3 Å². The molecule has 1 aromatic heterocycles. The van der Waals surface area contributed by atoms with Gasteiger partial charge in [0, 0.05) is 12.6 Å². The van der Waals surface area contributed by atoms with Crippen LogP contribution in [0.1, 0.15) is 64.0 Å². The van der Waals surface area contributed by atoms with Crippen molar-refractivity contribution in [1.29, 1.82) is 0 Å². The van der Waals surface area contributed by atoms with Gasteiger partial charge in [0.1, 0.15) is 0 Å². The Morgan fingerprint density at radius 3 is 2.30 bits per heavy atom. The first kappa shape index (κ1) is 22.9. The molecule has 0 saturated carbocycles. The minimum absolute atomic E-state index is 0.128. The molecule has 0 unspecified atom stereocenters. The summed E-state index contributed by atoms with van der Waals surface area (Å²) in [6.45, 7) is 6.11. The quantitative estimate of drug-likeness (QED) is 0.507. The zero-order chi connectivity index (χ0) is 22.4. The van der Waals surface area contributed by atoms with E-state index in [4.69, 9.17) is 9.47 Å². The fourth-order valence-corrected chi connectivity index (χ4v) is 3.26. The lowest BCUT2D eigenvalue weighted by Crippen LogP contribution is -2.31. The maximum absolute atomic E-state index is 12.8. The van der Waals surface area contributed by atoms with Gasteiger partial charge in [-0.15, -0.1) is 0 Å². The number of ether oxygens (including phenoxy) is 2. The number of carbonyl (C=O) groups is 4. The fraction of sp³-hybridized carbons (Fsp3) is 0.364. The van der Waals surface area contributed by atoms with E-state index < -0.39 is 29.9 Å². The van der Waals surface area contributed by atoms with Crippen LogP contribution in [-0.4, -0.2) is 41.8 Å². The number of aromatic nitrogens is 1. The van der Waals surface area contributed by atoms with Crippen molar-refractivity contribution in [3.8, 4) is 0 Å². The number of carbonyl (C=O) groups excluding carboxylic acids is 4. The first-order valence-corrected chi connectivity index (χ1v) is 9.48. The molecule has 0 bridgehead atoms. The van der Waals surface area contributed by atoms with Gasteiger partial charge in [-0.2, -0.15) is 0 Å². The lowest BCUT2D eigenvalue weighted by atomic mass is 10.0. The van der Waals surface area contributed by atoms with Crippen LogP contribution in [0.5, 0.6) is 0 Å². The molecule has 0 aliphatic heterocycles. The zero-order valence-electron chi connectivity index (χ0n) is 17.7. The summed E-state index contributed by atoms with van der Waals surface area (Å²) in [6, 6.07) is 8.45. The second kappa shape index (κ2) is 9.87. The number of aryl methyl sites for hydroxylation is 1. The number of amides is 1. The van der Waals surface area contributed by atoms with Crippen LogP contribution in [0.4, 0.5) is 0 Å². The molecular formula is C22H26N2O6. The number of hydrogen-bond acceptors (Lipinski definition) is 6. The van der Waals surface area contributed by atoms with Crippen molar-refractivity contribution >= 4 is 23.6 Å². The molecule has 8 heteroatoms. The van der Waals surface area contributed by atoms with E-state index >= 15 is 0 Å². The third-order valence-electron chi connectivity index (χ3n) is 4.70. The number of ketones is 1. The van der Waals surface area contributed by atoms with Gasteiger partial charge in [0.15, 0.2) is 6.10 Å². The van der Waals surface area contributed by atoms with Crippen LogP contribution in [0, 0.1) is 13.8 Å². The second-order valence-corrected chi connectivity index (χ2v) is 6.98. The van der Waals surface area contributed by atoms with E-state index in [2.05, 4.69) is 10.3 Å². The molecule has 2 N–H and O–H groups in total. The summed E-state index contributed by atoms with van der Waals surface area (Å²) in [5.74, 6) is -1.93. The first-order chi connectivity index (χ1) is 14.1. The topological polar surface area (TPSA) is 115 Å². The van der Waals surface area contributed by atoms with E-state index in [0.717, 1.165) is 5.56 Å². The molecule has 30 heavy (non-hydrogen) atoms. The van der Waals surface area contributed by atoms with Crippen LogP contribution < -0.4 is 5.32 Å². The van der Waals surface area contributed by atoms with Gasteiger partial charge in [0.2, 0.25) is 11.7 Å². The van der Waals surface area contributed by atoms with Gasteiger partial charge in [-0.1, -0.05) is 30.3 Å². The summed E-state index contributed by atoms with van der Waals surface area (Å²) in [5, 5.41) is 2.72. The van der Waals surface area contributed by atoms with Crippen molar-refractivity contribution < 1.29 is 28.7 Å². The Labute approximate surface area is 175 Å². The summed E-state index contributed by atoms with van der Waals surface area (Å²) >= 11 is 0. The average Bonchev–Trinajstić information content (AvgIpc) is 3.00. The van der Waals surface area contributed by atoms with Gasteiger partial charge in [-0.05, 0) is 31.9 Å². The maximum atomic E-state index is 12.8. The number of rotatable bonds is 8. The lowest BCUT2D eigenvalue weighted by molar-refractivity contribution is -0.147. The number of Topliss-reactive ketones (excluding diaryl/α,β-unsaturated/α-hetero) is 1. The molecule has 2 aromatic rings. The Kier molecular flexibility index (Phi) is 7.52. The largest absolute Gasteiger partial charge is 0.465 e. The highest BCUT2D eigenvalue weighted by Gasteiger charge is 2.28. The van der Waals surface area contributed by atoms with E-state index in [-0.39, 0.29) is 23.6 Å². The molecule has 1 aromatic carbocycles. The Morgan fingerprint density at radius 2 is 1.73 bits per heavy atom. The Bertz CT molecular complexity index is 948. The summed E-state index contributed by atoms with van der Waals surface area (Å²) in [7, 11) is 1.26. The lowest BCUT2D eigenvalue weighted by Gasteiger charge is -2.19. The van der Waals surface area contributed by atoms with Crippen molar-refractivity contribution in [3.05, 3.63) is 58.4 Å². The summed E-state index contributed by atoms with van der Waals surface area (Å²) < 4.78 is 10.1. The van der Waals surface area contributed by atoms with Gasteiger partial charge in [-0.3, -0.25) is 14.4 Å². The Morgan fingerprint density at radius 1 is 1.10 bits per heavy atom. The zero-order valence-corrected chi connectivity index (χ0v) is 17.7. The van der Waals surface area contributed by atoms with Crippen LogP contribution >= 0.6 is 0 Å². The molecule has 8 nitrogen and oxygen atoms in total. The number of hydrogen-bond donors (Lipinski definition) is 2. The molecule has 0 aliphatic carbocycles. The molecule has 0 aliphatic rings. The van der Waals surface area contributed by atoms with Gasteiger partial charge >= 0.3 is 11.9 Å². The number of H-pyrrole nitrogens is 1. The van der Waals surface area contributed by atoms with Crippen LogP contribution in [0.15, 0.2) is 30.3 Å². The Balaban J connectivity index is 2.12. The van der Waals surface area contributed by atoms with E-state index in [1.807, 2.05) is 6.07 Å². The van der Waals surface area contributed by atoms with Gasteiger partial charge in [0.25, 0.3) is 0 Å². The van der Waals surface area contributed by atoms with Crippen molar-refractivity contribution in [1.82, 2.24) is 10.3 Å². The minimum atomic E-state index is -1.08. The van der Waals surface area contributed by atoms with E-state index in [1.165, 1.54) is 21.0 Å². The highest BCUT2D eigenvalue weighted by atomic mass is 16.5. The minimum Gasteiger partial charge on any atom is -0.465 e. The van der Waals surface area contributed by atoms with E-state index in [9.17, 15) is 19.2 Å². The molecule has 0 fully saturated rings. The molecule has 0 spiro atoms. The van der Waals surface area contributed by atoms with E-state index in [1.54, 1.807) is 38.1 Å². The van der Waals surface area contributed by atoms with E-state index in [0.29, 0.717) is 11.3 Å². The number of aromatic amines is 1. The Hall–Kier alpha value is -3.42. The number of methoxy groups -OCH3 is 1. The fourth-order valence-electron chi connectivity index (χ4n) is 3.26. The maximum Gasteiger partial charge on any atom is 0.339 e. The van der Waals surface area contributed by atoms with Gasteiger partial charge in [0.05, 0.1) is 30.8 Å². The monoisotopic (exact) mass is 414 g/mol. The highest BCUT2D eigenvalue weighted by Crippen LogP contribution is 2.22. The van der Waals surface area contributed by atoms with Crippen molar-refractivity contribution in [3.63, 3.8) is 0 Å². The average molecular weight is 414 g/mol. The second-order valence-electron chi connectivity index (χ2n) is 6.98. The summed E-state index contributed by atoms with van der Waals surface area (Å²) in [5.41, 5.74) is 2.16. The number of esters is 2. The predicted molar refractivity (Wildman–Crippen MR) is 109 cm³/mol.